The van der Waals surface area contributed by atoms with E-state index in [4.69, 9.17) is 9.26 Å². The Morgan fingerprint density at radius 2 is 1.88 bits per heavy atom. The summed E-state index contributed by atoms with van der Waals surface area (Å²) in [5.41, 5.74) is 1.12. The highest BCUT2D eigenvalue weighted by molar-refractivity contribution is 5.51. The lowest BCUT2D eigenvalue weighted by molar-refractivity contribution is 0.164. The number of rotatable bonds is 4. The van der Waals surface area contributed by atoms with E-state index >= 15 is 0 Å². The van der Waals surface area contributed by atoms with E-state index in [1.807, 2.05) is 12.1 Å². The number of aromatic nitrogens is 2. The van der Waals surface area contributed by atoms with Crippen LogP contribution in [-0.2, 0) is 5.41 Å². The summed E-state index contributed by atoms with van der Waals surface area (Å²) in [6.45, 7) is 12.3. The summed E-state index contributed by atoms with van der Waals surface area (Å²) in [6.07, 6.45) is 0. The van der Waals surface area contributed by atoms with Gasteiger partial charge in [0, 0.05) is 43.3 Å². The van der Waals surface area contributed by atoms with Crippen LogP contribution in [0.3, 0.4) is 0 Å². The zero-order chi connectivity index (χ0) is 18.0. The number of anilines is 1. The summed E-state index contributed by atoms with van der Waals surface area (Å²) in [5.74, 6) is 2.37. The fourth-order valence-electron chi connectivity index (χ4n) is 3.04. The molecule has 1 atom stereocenters. The minimum absolute atomic E-state index is 0.0907. The van der Waals surface area contributed by atoms with Gasteiger partial charge in [-0.1, -0.05) is 32.0 Å². The SMILES string of the molecule is COc1cccc(N2CCN([C@H](C)c3nc(C(C)(C)C)no3)CC2)c1. The van der Waals surface area contributed by atoms with Gasteiger partial charge in [0.2, 0.25) is 5.89 Å². The molecule has 0 amide bonds. The Morgan fingerprint density at radius 1 is 1.16 bits per heavy atom. The normalized spacial score (nSPS) is 17.6. The lowest BCUT2D eigenvalue weighted by Gasteiger charge is -2.38. The molecule has 3 rings (SSSR count). The van der Waals surface area contributed by atoms with Gasteiger partial charge in [-0.15, -0.1) is 0 Å². The number of methoxy groups -OCH3 is 1. The Balaban J connectivity index is 1.62. The minimum atomic E-state index is -0.0907. The third-order valence-corrected chi connectivity index (χ3v) is 4.75. The maximum atomic E-state index is 5.52. The van der Waals surface area contributed by atoms with Crippen molar-refractivity contribution in [2.24, 2.45) is 0 Å². The predicted molar refractivity (Wildman–Crippen MR) is 98.2 cm³/mol. The highest BCUT2D eigenvalue weighted by atomic mass is 16.5. The smallest absolute Gasteiger partial charge is 0.243 e. The summed E-state index contributed by atoms with van der Waals surface area (Å²) in [5, 5.41) is 4.15. The molecular weight excluding hydrogens is 316 g/mol. The fourth-order valence-corrected chi connectivity index (χ4v) is 3.04. The molecule has 0 N–H and O–H groups in total. The molecule has 2 heterocycles. The first-order chi connectivity index (χ1) is 11.9. The van der Waals surface area contributed by atoms with Gasteiger partial charge in [-0.2, -0.15) is 4.98 Å². The molecule has 1 saturated heterocycles. The van der Waals surface area contributed by atoms with Gasteiger partial charge in [0.15, 0.2) is 5.82 Å². The average molecular weight is 344 g/mol. The van der Waals surface area contributed by atoms with Crippen LogP contribution in [0.5, 0.6) is 5.75 Å². The van der Waals surface area contributed by atoms with Crippen molar-refractivity contribution < 1.29 is 9.26 Å². The van der Waals surface area contributed by atoms with Crippen LogP contribution in [0.2, 0.25) is 0 Å². The van der Waals surface area contributed by atoms with Gasteiger partial charge < -0.3 is 14.2 Å². The van der Waals surface area contributed by atoms with Gasteiger partial charge in [0.25, 0.3) is 0 Å². The first kappa shape index (κ1) is 17.7. The molecule has 0 bridgehead atoms. The van der Waals surface area contributed by atoms with E-state index in [2.05, 4.69) is 59.8 Å². The van der Waals surface area contributed by atoms with Crippen molar-refractivity contribution in [2.75, 3.05) is 38.2 Å². The van der Waals surface area contributed by atoms with Gasteiger partial charge in [-0.3, -0.25) is 4.90 Å². The molecule has 1 aromatic heterocycles. The van der Waals surface area contributed by atoms with Crippen LogP contribution in [0.1, 0.15) is 45.5 Å². The lowest BCUT2D eigenvalue weighted by atomic mass is 9.96. The van der Waals surface area contributed by atoms with Gasteiger partial charge in [-0.05, 0) is 19.1 Å². The Kier molecular flexibility index (Phi) is 4.99. The van der Waals surface area contributed by atoms with E-state index in [1.54, 1.807) is 7.11 Å². The second kappa shape index (κ2) is 7.04. The second-order valence-corrected chi connectivity index (χ2v) is 7.61. The molecule has 1 aromatic carbocycles. The van der Waals surface area contributed by atoms with E-state index < -0.39 is 0 Å². The van der Waals surface area contributed by atoms with E-state index in [-0.39, 0.29) is 11.5 Å². The number of piperazine rings is 1. The molecule has 1 fully saturated rings. The predicted octanol–water partition coefficient (Wildman–Crippen LogP) is 3.26. The summed E-state index contributed by atoms with van der Waals surface area (Å²) >= 11 is 0. The quantitative estimate of drug-likeness (QED) is 0.848. The zero-order valence-electron chi connectivity index (χ0n) is 15.8. The van der Waals surface area contributed by atoms with Gasteiger partial charge in [0.1, 0.15) is 5.75 Å². The maximum absolute atomic E-state index is 5.52. The molecule has 1 aliphatic heterocycles. The van der Waals surface area contributed by atoms with Crippen LogP contribution in [0.4, 0.5) is 5.69 Å². The Morgan fingerprint density at radius 3 is 2.48 bits per heavy atom. The van der Waals surface area contributed by atoms with Crippen LogP contribution in [-0.4, -0.2) is 48.3 Å². The molecule has 0 saturated carbocycles. The van der Waals surface area contributed by atoms with E-state index in [0.717, 1.165) is 37.8 Å². The largest absolute Gasteiger partial charge is 0.497 e. The molecule has 2 aromatic rings. The number of hydrogen-bond donors (Lipinski definition) is 0. The van der Waals surface area contributed by atoms with Crippen molar-refractivity contribution in [3.05, 3.63) is 36.0 Å². The molecule has 0 radical (unpaired) electrons. The van der Waals surface area contributed by atoms with Gasteiger partial charge >= 0.3 is 0 Å². The maximum Gasteiger partial charge on any atom is 0.243 e. The van der Waals surface area contributed by atoms with Gasteiger partial charge in [-0.25, -0.2) is 0 Å². The van der Waals surface area contributed by atoms with Crippen molar-refractivity contribution in [3.8, 4) is 5.75 Å². The topological polar surface area (TPSA) is 54.6 Å². The molecule has 0 aliphatic carbocycles. The zero-order valence-corrected chi connectivity index (χ0v) is 15.8. The van der Waals surface area contributed by atoms with Crippen molar-refractivity contribution in [3.63, 3.8) is 0 Å². The molecule has 1 aliphatic rings. The van der Waals surface area contributed by atoms with Crippen LogP contribution in [0, 0.1) is 0 Å². The first-order valence-electron chi connectivity index (χ1n) is 8.85. The fraction of sp³-hybridized carbons (Fsp3) is 0.579. The standard InChI is InChI=1S/C19H28N4O2/c1-14(17-20-18(21-25-17)19(2,3)4)22-9-11-23(12-10-22)15-7-6-8-16(13-15)24-5/h6-8,13-14H,9-12H2,1-5H3/t14-/m1/s1. The van der Waals surface area contributed by atoms with Crippen molar-refractivity contribution in [1.29, 1.82) is 0 Å². The lowest BCUT2D eigenvalue weighted by Crippen LogP contribution is -2.47. The third-order valence-electron chi connectivity index (χ3n) is 4.75. The highest BCUT2D eigenvalue weighted by Gasteiger charge is 2.28. The Hall–Kier alpha value is -2.08. The van der Waals surface area contributed by atoms with Crippen LogP contribution in [0.25, 0.3) is 0 Å². The molecule has 6 nitrogen and oxygen atoms in total. The minimum Gasteiger partial charge on any atom is -0.497 e. The summed E-state index contributed by atoms with van der Waals surface area (Å²) < 4.78 is 10.8. The van der Waals surface area contributed by atoms with Crippen molar-refractivity contribution in [1.82, 2.24) is 15.0 Å². The molecular formula is C19H28N4O2. The number of hydrogen-bond acceptors (Lipinski definition) is 6. The van der Waals surface area contributed by atoms with E-state index in [1.165, 1.54) is 5.69 Å². The molecule has 136 valence electrons. The van der Waals surface area contributed by atoms with Crippen molar-refractivity contribution in [2.45, 2.75) is 39.2 Å². The van der Waals surface area contributed by atoms with Crippen molar-refractivity contribution >= 4 is 5.69 Å². The van der Waals surface area contributed by atoms with Crippen LogP contribution < -0.4 is 9.64 Å². The Labute approximate surface area is 149 Å². The molecule has 0 unspecified atom stereocenters. The molecule has 6 heteroatoms. The first-order valence-corrected chi connectivity index (χ1v) is 8.85. The van der Waals surface area contributed by atoms with Crippen LogP contribution in [0.15, 0.2) is 28.8 Å². The number of ether oxygens (including phenoxy) is 1. The van der Waals surface area contributed by atoms with Crippen LogP contribution >= 0.6 is 0 Å². The summed E-state index contributed by atoms with van der Waals surface area (Å²) in [7, 11) is 1.70. The average Bonchev–Trinajstić information content (AvgIpc) is 3.12. The Bertz CT molecular complexity index is 699. The molecule has 25 heavy (non-hydrogen) atoms. The number of benzene rings is 1. The number of nitrogens with zero attached hydrogens (tertiary/aromatic N) is 4. The monoisotopic (exact) mass is 344 g/mol. The highest BCUT2D eigenvalue weighted by Crippen LogP contribution is 2.26. The van der Waals surface area contributed by atoms with E-state index in [0.29, 0.717) is 5.89 Å². The van der Waals surface area contributed by atoms with Gasteiger partial charge in [0.05, 0.1) is 13.2 Å². The third kappa shape index (κ3) is 3.95. The molecule has 0 spiro atoms. The second-order valence-electron chi connectivity index (χ2n) is 7.61. The summed E-state index contributed by atoms with van der Waals surface area (Å²) in [6, 6.07) is 8.37. The van der Waals surface area contributed by atoms with E-state index in [9.17, 15) is 0 Å². The summed E-state index contributed by atoms with van der Waals surface area (Å²) in [4.78, 5) is 9.40.